The molecule has 0 saturated carbocycles. The van der Waals surface area contributed by atoms with Gasteiger partial charge in [0.2, 0.25) is 5.96 Å². The molecule has 8 atom stereocenters. The van der Waals surface area contributed by atoms with E-state index >= 15 is 0 Å². The molecule has 0 unspecified atom stereocenters. The summed E-state index contributed by atoms with van der Waals surface area (Å²) in [5.41, 5.74) is 41.6. The van der Waals surface area contributed by atoms with Crippen LogP contribution in [0.2, 0.25) is 0 Å². The van der Waals surface area contributed by atoms with Crippen molar-refractivity contribution in [3.63, 3.8) is 0 Å². The van der Waals surface area contributed by atoms with Gasteiger partial charge >= 0.3 is 49.1 Å². The van der Waals surface area contributed by atoms with Crippen molar-refractivity contribution in [1.29, 1.82) is 0 Å². The van der Waals surface area contributed by atoms with Gasteiger partial charge in [-0.3, -0.25) is 42.4 Å². The van der Waals surface area contributed by atoms with Crippen LogP contribution in [0.1, 0.15) is 131 Å². The molecule has 55 nitrogen and oxygen atoms in total. The van der Waals surface area contributed by atoms with Crippen LogP contribution in [0.4, 0.5) is 15.4 Å². The molecule has 8 aliphatic heterocycles. The lowest BCUT2D eigenvalue weighted by Crippen LogP contribution is -2.68. The minimum absolute atomic E-state index is 0.0195. The summed E-state index contributed by atoms with van der Waals surface area (Å²) in [6.45, 7) is 14.1. The van der Waals surface area contributed by atoms with Gasteiger partial charge < -0.3 is 114 Å². The van der Waals surface area contributed by atoms with E-state index in [1.54, 1.807) is 47.4 Å². The van der Waals surface area contributed by atoms with Crippen molar-refractivity contribution in [2.75, 3.05) is 76.4 Å². The van der Waals surface area contributed by atoms with Gasteiger partial charge in [-0.15, -0.1) is 46.9 Å². The molecular weight excluding hydrogens is 1990 g/mol. The first-order chi connectivity index (χ1) is 66.3. The van der Waals surface area contributed by atoms with Gasteiger partial charge in [0.15, 0.2) is 61.8 Å². The smallest absolute Gasteiger partial charge is 0.418 e. The molecular formula is C80H102N24O31S6. The number of β-lactam (4-membered cyclic amide) rings is 3. The number of hydrogen-bond acceptors (Lipinski definition) is 43. The van der Waals surface area contributed by atoms with Gasteiger partial charge in [-0.05, 0) is 149 Å². The Kier molecular flexibility index (Phi) is 33.8. The maximum absolute atomic E-state index is 13.4. The van der Waals surface area contributed by atoms with Gasteiger partial charge in [0.25, 0.3) is 36.0 Å². The molecule has 11 heterocycles. The largest absolute Gasteiger partial charge is 0.489 e. The monoisotopic (exact) mass is 2090 g/mol. The molecule has 5 saturated heterocycles. The van der Waals surface area contributed by atoms with Crippen molar-refractivity contribution >= 4 is 169 Å². The Morgan fingerprint density at radius 1 is 0.461 bits per heavy atom. The summed E-state index contributed by atoms with van der Waals surface area (Å²) >= 11 is 2.96. The molecule has 0 bridgehead atoms. The number of thiazole rings is 3. The zero-order valence-electron chi connectivity index (χ0n) is 76.0. The predicted octanol–water partition coefficient (Wildman–Crippen LogP) is -0.379. The summed E-state index contributed by atoms with van der Waals surface area (Å²) in [6.07, 6.45) is -3.53. The van der Waals surface area contributed by atoms with Crippen LogP contribution in [0, 0.1) is 17.8 Å². The van der Waals surface area contributed by atoms with Gasteiger partial charge in [0.1, 0.15) is 60.8 Å². The number of piperidine rings is 1. The molecule has 22 N–H and O–H groups in total. The fraction of sp³-hybridized carbons (Fsp3) is 0.475. The molecule has 14 rings (SSSR count). The average Bonchev–Trinajstić information content (AvgIpc) is 1.07. The lowest BCUT2D eigenvalue weighted by Gasteiger charge is -2.50. The number of carboxylic acids is 3. The number of nitrogen functional groups attached to an aromatic ring is 3. The Bertz CT molecular complexity index is 6300. The lowest BCUT2D eigenvalue weighted by molar-refractivity contribution is -0.228. The Hall–Kier alpha value is -13.3. The number of ketones is 3. The van der Waals surface area contributed by atoms with Gasteiger partial charge in [-0.2, -0.15) is 40.4 Å². The summed E-state index contributed by atoms with van der Waals surface area (Å²) in [5, 5.41) is 56.9. The number of carboxylic acid groups (broad SMARTS) is 3. The number of fused-ring (bicyclic) bond motifs is 3. The molecule has 0 radical (unpaired) electrons. The number of guanidine groups is 3. The number of nitrogens with zero attached hydrogens (tertiary/aromatic N) is 15. The number of benzene rings is 3. The number of amides is 3. The Balaban J connectivity index is 0.000000189. The van der Waals surface area contributed by atoms with Gasteiger partial charge in [0.05, 0.1) is 46.5 Å². The molecule has 6 aromatic rings. The standard InChI is InChI=1S/C28H36N8O10S2.C27H34N8O10S2.C25H32N8O11S2/c1-28(2)19(24(38)36(28)46-48(41,42)43)9-21(37)23(20-14-47-27(30)33-20)34-45-22(25(39)40)13-44-18-6-5-15-11-35(12-16(15)8-18)26(29)32-17-4-3-7-31-10-17;1-27(2)18(23(37)35(27)45-47(40,41)42)8-20(36)22(19-13-46-26(29)32-19)33-44-21(24(38)39)12-43-17-4-3-14-10-34(11-15(14)7-17)25(28)31-16-5-6-30-9-16;1-25(2)16(21(35)33(25)44-46(38,39)40)8-18(34)20(17-12-45-24(28)29-17)30-43-19(22(36)37)11-41-15-4-3-13-9-32(10-14(13)7-15)23(27)31-42-6-5-26/h5-6,8,14,17,19,22,31H,3-4,7,9-13H2,1-2H3,(H2,29,32)(H2,30,33)(H,39,40)(H,41,42,43);3-4,7,13,16,18,21,30H,5-6,8-12H2,1-2H3,(H2,28,31)(H2,29,32)(H,38,39)(H,40,41,42);3-4,7,12,16,19H,5-6,8-11,26H2,1-2H3,(H2,27,31)(H2,28,29)(H,36,37)(H,38,39,40)/b34-23-;33-22-;30-20-/t17-,19-,22+;16-,18-,21+;16-,19+/m111/s1. The van der Waals surface area contributed by atoms with Crippen molar-refractivity contribution in [2.45, 2.75) is 166 Å². The molecule has 0 aliphatic carbocycles. The number of nitrogens with one attached hydrogen (secondary N) is 2. The van der Waals surface area contributed by atoms with Crippen LogP contribution >= 0.6 is 34.0 Å². The number of hydroxylamine groups is 6. The molecule has 3 aromatic carbocycles. The maximum atomic E-state index is 13.4. The van der Waals surface area contributed by atoms with E-state index in [9.17, 15) is 83.7 Å². The quantitative estimate of drug-likeness (QED) is 0.00581. The summed E-state index contributed by atoms with van der Waals surface area (Å²) in [5.74, 6) is -10.3. The molecule has 3 amide bonds. The molecule has 8 aliphatic rings. The summed E-state index contributed by atoms with van der Waals surface area (Å²) in [7, 11) is -15.0. The average molecular weight is 2090 g/mol. The first-order valence-electron chi connectivity index (χ1n) is 42.7. The van der Waals surface area contributed by atoms with Gasteiger partial charge in [-0.25, -0.2) is 39.3 Å². The molecule has 61 heteroatoms. The Labute approximate surface area is 815 Å². The van der Waals surface area contributed by atoms with E-state index < -0.39 is 193 Å². The maximum Gasteiger partial charge on any atom is 0.418 e. The van der Waals surface area contributed by atoms with E-state index in [1.807, 2.05) is 21.9 Å². The number of hydrogen-bond donors (Lipinski definition) is 15. The summed E-state index contributed by atoms with van der Waals surface area (Å²) < 4.78 is 124. The number of carbonyl (C=O) groups excluding carboxylic acids is 6. The van der Waals surface area contributed by atoms with Crippen molar-refractivity contribution in [3.8, 4) is 17.2 Å². The number of aliphatic carboxylic acids is 3. The third kappa shape index (κ3) is 27.1. The number of anilines is 3. The van der Waals surface area contributed by atoms with Gasteiger partial charge in [0, 0.05) is 94.3 Å². The zero-order valence-corrected chi connectivity index (χ0v) is 80.9. The second-order valence-electron chi connectivity index (χ2n) is 34.2. The number of nitrogens with two attached hydrogens (primary N) is 7. The molecule has 5 fully saturated rings. The number of Topliss-reactive ketones (excluding diaryl/α,β-unsaturated/α-hetero) is 3. The highest BCUT2D eigenvalue weighted by Crippen LogP contribution is 2.44. The van der Waals surface area contributed by atoms with Crippen LogP contribution in [0.25, 0.3) is 0 Å². The molecule has 0 spiro atoms. The number of oxime groups is 4. The Morgan fingerprint density at radius 3 is 1.04 bits per heavy atom. The van der Waals surface area contributed by atoms with Crippen LogP contribution < -0.4 is 65.0 Å². The highest BCUT2D eigenvalue weighted by atomic mass is 32.3. The minimum atomic E-state index is -5.00. The third-order valence-electron chi connectivity index (χ3n) is 23.2. The first kappa shape index (κ1) is 107. The Morgan fingerprint density at radius 2 is 0.766 bits per heavy atom. The lowest BCUT2D eigenvalue weighted by atomic mass is 9.74. The number of carbonyl (C=O) groups is 9. The molecule has 764 valence electrons. The highest BCUT2D eigenvalue weighted by molar-refractivity contribution is 7.81. The summed E-state index contributed by atoms with van der Waals surface area (Å²) in [6, 6.07) is 16.1. The van der Waals surface area contributed by atoms with Crippen LogP contribution in [0.3, 0.4) is 0 Å². The fourth-order valence-electron chi connectivity index (χ4n) is 15.5. The van der Waals surface area contributed by atoms with Crippen molar-refractivity contribution in [3.05, 3.63) is 121 Å². The second-order valence-corrected chi connectivity index (χ2v) is 39.9. The topological polar surface area (TPSA) is 808 Å². The van der Waals surface area contributed by atoms with E-state index in [-0.39, 0.29) is 63.7 Å². The number of aliphatic imine (C=N–C) groups is 2. The number of rotatable bonds is 41. The number of ether oxygens (including phenoxy) is 3. The van der Waals surface area contributed by atoms with Gasteiger partial charge in [-0.1, -0.05) is 33.7 Å². The van der Waals surface area contributed by atoms with Crippen molar-refractivity contribution in [1.82, 2.24) is 55.5 Å². The third-order valence-corrected chi connectivity index (χ3v) is 26.2. The SMILES string of the molecule is CC1(C)[C@H](CC(=O)/C(=N\O[C@@H](COc2ccc3c(c2)CN(C(N)=NOCCN)C3)C(=O)O)c2csc(N)n2)C(=O)N1OS(=O)(=O)O.CC1(C)[C@H](CC(=O)/C(=N\O[C@@H](COc2ccc3c(c2)CN(C(N)=N[C@@H]2CCCNC2)C3)C(=O)O)c2csc(N)n2)C(=O)N1OS(=O)(=O)O.CC1(C)[C@H](CC(=O)/C(=N\O[C@@H](COc2ccc3c(c2)CN(C(N)=N[C@@H]2CCNC2)C3)C(=O)O)c2csc(N)n2)C(=O)N1OS(=O)(=O)O. The van der Waals surface area contributed by atoms with Crippen molar-refractivity contribution < 1.29 is 144 Å². The van der Waals surface area contributed by atoms with Crippen molar-refractivity contribution in [2.24, 2.45) is 71.3 Å². The zero-order chi connectivity index (χ0) is 103. The van der Waals surface area contributed by atoms with E-state index in [1.165, 1.54) is 57.7 Å². The number of aromatic nitrogens is 3. The van der Waals surface area contributed by atoms with Crippen LogP contribution in [0.5, 0.6) is 17.2 Å². The van der Waals surface area contributed by atoms with E-state index in [2.05, 4.69) is 69.0 Å². The minimum Gasteiger partial charge on any atom is -0.489 e. The normalized spacial score (nSPS) is 20.7. The van der Waals surface area contributed by atoms with Crippen LogP contribution in [-0.2, 0) is 146 Å². The van der Waals surface area contributed by atoms with E-state index in [0.29, 0.717) is 83.6 Å². The first-order valence-corrected chi connectivity index (χ1v) is 49.5. The summed E-state index contributed by atoms with van der Waals surface area (Å²) in [4.78, 5) is 162. The highest BCUT2D eigenvalue weighted by Gasteiger charge is 2.60. The predicted molar refractivity (Wildman–Crippen MR) is 497 cm³/mol. The van der Waals surface area contributed by atoms with Crippen LogP contribution in [0.15, 0.2) is 101 Å². The van der Waals surface area contributed by atoms with Crippen LogP contribution in [-0.4, -0.2) is 293 Å². The van der Waals surface area contributed by atoms with E-state index in [0.717, 1.165) is 113 Å². The molecule has 141 heavy (non-hydrogen) atoms. The second kappa shape index (κ2) is 44.7. The fourth-order valence-corrected chi connectivity index (χ4v) is 18.5. The molecule has 3 aromatic heterocycles. The van der Waals surface area contributed by atoms with E-state index in [4.69, 9.17) is 87.4 Å².